The van der Waals surface area contributed by atoms with Gasteiger partial charge in [-0.1, -0.05) is 0 Å². The van der Waals surface area contributed by atoms with Crippen LogP contribution in [-0.2, 0) is 22.6 Å². The maximum Gasteiger partial charge on any atom is 0.235 e. The molecule has 0 spiro atoms. The Kier molecular flexibility index (Phi) is 4.18. The van der Waals surface area contributed by atoms with E-state index in [2.05, 4.69) is 10.3 Å². The van der Waals surface area contributed by atoms with E-state index in [9.17, 15) is 18.4 Å². The summed E-state index contributed by atoms with van der Waals surface area (Å²) in [6.45, 7) is 1.24. The third kappa shape index (κ3) is 3.07. The lowest BCUT2D eigenvalue weighted by Crippen LogP contribution is -2.47. The molecule has 136 valence electrons. The molecule has 1 aromatic carbocycles. The van der Waals surface area contributed by atoms with Crippen LogP contribution < -0.4 is 5.32 Å². The van der Waals surface area contributed by atoms with Gasteiger partial charge in [0.2, 0.25) is 17.7 Å². The number of oxazole rings is 1. The number of halogens is 2. The molecule has 2 aromatic rings. The maximum atomic E-state index is 13.4. The average molecular weight is 361 g/mol. The SMILES string of the molecule is O=C1NCCCC1C(=O)N1CCc2oc(-c3cc(F)cc(F)c3)nc2C1. The fourth-order valence-electron chi connectivity index (χ4n) is 3.42. The van der Waals surface area contributed by atoms with Crippen LogP contribution in [0.15, 0.2) is 22.6 Å². The Balaban J connectivity index is 1.55. The molecule has 2 aliphatic rings. The first kappa shape index (κ1) is 16.7. The summed E-state index contributed by atoms with van der Waals surface area (Å²) in [4.78, 5) is 30.5. The molecule has 6 nitrogen and oxygen atoms in total. The van der Waals surface area contributed by atoms with E-state index in [-0.39, 0.29) is 29.8 Å². The van der Waals surface area contributed by atoms with E-state index in [1.807, 2.05) is 0 Å². The second kappa shape index (κ2) is 6.51. The number of fused-ring (bicyclic) bond motifs is 1. The number of aromatic nitrogens is 1. The highest BCUT2D eigenvalue weighted by Crippen LogP contribution is 2.28. The van der Waals surface area contributed by atoms with Gasteiger partial charge in [-0.15, -0.1) is 0 Å². The normalized spacial score (nSPS) is 19.8. The Morgan fingerprint density at radius 2 is 2.04 bits per heavy atom. The lowest BCUT2D eigenvalue weighted by molar-refractivity contribution is -0.144. The summed E-state index contributed by atoms with van der Waals surface area (Å²) in [7, 11) is 0. The first-order chi connectivity index (χ1) is 12.5. The summed E-state index contributed by atoms with van der Waals surface area (Å²) in [5.74, 6) is -1.81. The molecule has 1 unspecified atom stereocenters. The summed E-state index contributed by atoms with van der Waals surface area (Å²) in [5, 5.41) is 2.72. The minimum atomic E-state index is -0.712. The van der Waals surface area contributed by atoms with Gasteiger partial charge in [0.05, 0.1) is 6.54 Å². The van der Waals surface area contributed by atoms with Gasteiger partial charge in [-0.2, -0.15) is 0 Å². The predicted octanol–water partition coefficient (Wildman–Crippen LogP) is 2.03. The highest BCUT2D eigenvalue weighted by Gasteiger charge is 2.35. The Labute approximate surface area is 148 Å². The number of rotatable bonds is 2. The number of hydrogen-bond donors (Lipinski definition) is 1. The van der Waals surface area contributed by atoms with Crippen LogP contribution in [-0.4, -0.2) is 34.8 Å². The molecule has 0 saturated carbocycles. The van der Waals surface area contributed by atoms with Crippen molar-refractivity contribution in [2.45, 2.75) is 25.8 Å². The highest BCUT2D eigenvalue weighted by molar-refractivity contribution is 6.00. The Morgan fingerprint density at radius 3 is 2.77 bits per heavy atom. The standard InChI is InChI=1S/C18H17F2N3O3/c19-11-6-10(7-12(20)8-11)17-22-14-9-23(5-3-15(14)26-17)18(25)13-2-1-4-21-16(13)24/h6-8,13H,1-5,9H2,(H,21,24). The van der Waals surface area contributed by atoms with Crippen molar-refractivity contribution < 1.29 is 22.8 Å². The highest BCUT2D eigenvalue weighted by atomic mass is 19.1. The molecule has 26 heavy (non-hydrogen) atoms. The van der Waals surface area contributed by atoms with Crippen LogP contribution in [0.1, 0.15) is 24.3 Å². The number of nitrogens with one attached hydrogen (secondary N) is 1. The van der Waals surface area contributed by atoms with Crippen LogP contribution in [0.3, 0.4) is 0 Å². The van der Waals surface area contributed by atoms with Crippen molar-refractivity contribution in [3.63, 3.8) is 0 Å². The van der Waals surface area contributed by atoms with E-state index < -0.39 is 17.6 Å². The number of benzene rings is 1. The quantitative estimate of drug-likeness (QED) is 0.831. The lowest BCUT2D eigenvalue weighted by Gasteiger charge is -2.30. The van der Waals surface area contributed by atoms with Crippen molar-refractivity contribution in [3.05, 3.63) is 41.3 Å². The smallest absolute Gasteiger partial charge is 0.235 e. The Hall–Kier alpha value is -2.77. The van der Waals surface area contributed by atoms with Crippen LogP contribution in [0.4, 0.5) is 8.78 Å². The number of piperidine rings is 1. The van der Waals surface area contributed by atoms with E-state index in [1.165, 1.54) is 0 Å². The second-order valence-electron chi connectivity index (χ2n) is 6.54. The molecule has 4 rings (SSSR count). The Bertz CT molecular complexity index is 860. The van der Waals surface area contributed by atoms with Gasteiger partial charge in [-0.05, 0) is 25.0 Å². The monoisotopic (exact) mass is 361 g/mol. The average Bonchev–Trinajstić information content (AvgIpc) is 3.04. The van der Waals surface area contributed by atoms with Crippen molar-refractivity contribution in [2.75, 3.05) is 13.1 Å². The molecule has 1 fully saturated rings. The van der Waals surface area contributed by atoms with Crippen molar-refractivity contribution >= 4 is 11.8 Å². The summed E-state index contributed by atoms with van der Waals surface area (Å²) >= 11 is 0. The summed E-state index contributed by atoms with van der Waals surface area (Å²) in [5.41, 5.74) is 0.766. The van der Waals surface area contributed by atoms with Gasteiger partial charge >= 0.3 is 0 Å². The van der Waals surface area contributed by atoms with E-state index in [4.69, 9.17) is 4.42 Å². The van der Waals surface area contributed by atoms with Crippen LogP contribution in [0.5, 0.6) is 0 Å². The molecule has 3 heterocycles. The summed E-state index contributed by atoms with van der Waals surface area (Å²) < 4.78 is 32.4. The third-order valence-electron chi connectivity index (χ3n) is 4.73. The van der Waals surface area contributed by atoms with Crippen molar-refractivity contribution in [3.8, 4) is 11.5 Å². The largest absolute Gasteiger partial charge is 0.441 e. The first-order valence-electron chi connectivity index (χ1n) is 8.53. The number of amides is 2. The van der Waals surface area contributed by atoms with Gasteiger partial charge in [0.15, 0.2) is 0 Å². The number of hydrogen-bond acceptors (Lipinski definition) is 4. The number of nitrogens with zero attached hydrogens (tertiary/aromatic N) is 2. The van der Waals surface area contributed by atoms with E-state index in [0.29, 0.717) is 37.4 Å². The Morgan fingerprint density at radius 1 is 1.27 bits per heavy atom. The van der Waals surface area contributed by atoms with Crippen molar-refractivity contribution in [1.29, 1.82) is 0 Å². The molecule has 1 atom stereocenters. The number of carbonyl (C=O) groups is 2. The van der Waals surface area contributed by atoms with E-state index in [1.54, 1.807) is 4.90 Å². The van der Waals surface area contributed by atoms with Crippen LogP contribution in [0, 0.1) is 17.6 Å². The zero-order chi connectivity index (χ0) is 18.3. The molecule has 1 saturated heterocycles. The topological polar surface area (TPSA) is 75.4 Å². The van der Waals surface area contributed by atoms with E-state index in [0.717, 1.165) is 24.6 Å². The molecule has 8 heteroatoms. The fraction of sp³-hybridized carbons (Fsp3) is 0.389. The van der Waals surface area contributed by atoms with Crippen molar-refractivity contribution in [2.24, 2.45) is 5.92 Å². The van der Waals surface area contributed by atoms with Gasteiger partial charge in [0.1, 0.15) is 29.0 Å². The molecule has 1 aromatic heterocycles. The van der Waals surface area contributed by atoms with Gasteiger partial charge < -0.3 is 14.6 Å². The van der Waals surface area contributed by atoms with Crippen LogP contribution in [0.25, 0.3) is 11.5 Å². The van der Waals surface area contributed by atoms with Crippen LogP contribution >= 0.6 is 0 Å². The molecule has 0 bridgehead atoms. The van der Waals surface area contributed by atoms with Crippen molar-refractivity contribution in [1.82, 2.24) is 15.2 Å². The zero-order valence-corrected chi connectivity index (χ0v) is 13.9. The summed E-state index contributed by atoms with van der Waals surface area (Å²) in [6.07, 6.45) is 1.77. The van der Waals surface area contributed by atoms with Crippen LogP contribution in [0.2, 0.25) is 0 Å². The number of carbonyl (C=O) groups excluding carboxylic acids is 2. The fourth-order valence-corrected chi connectivity index (χ4v) is 3.42. The molecule has 2 aliphatic heterocycles. The molecular weight excluding hydrogens is 344 g/mol. The predicted molar refractivity (Wildman–Crippen MR) is 86.7 cm³/mol. The third-order valence-corrected chi connectivity index (χ3v) is 4.73. The van der Waals surface area contributed by atoms with Gasteiger partial charge in [0, 0.05) is 31.1 Å². The van der Waals surface area contributed by atoms with Gasteiger partial charge in [0.25, 0.3) is 0 Å². The minimum Gasteiger partial charge on any atom is -0.441 e. The molecule has 2 amide bonds. The molecule has 0 radical (unpaired) electrons. The summed E-state index contributed by atoms with van der Waals surface area (Å²) in [6, 6.07) is 3.08. The zero-order valence-electron chi connectivity index (χ0n) is 13.9. The van der Waals surface area contributed by atoms with E-state index >= 15 is 0 Å². The lowest BCUT2D eigenvalue weighted by atomic mass is 9.96. The molecule has 0 aliphatic carbocycles. The molecule has 1 N–H and O–H groups in total. The molecular formula is C18H17F2N3O3. The second-order valence-corrected chi connectivity index (χ2v) is 6.54. The maximum absolute atomic E-state index is 13.4. The van der Waals surface area contributed by atoms with Gasteiger partial charge in [-0.25, -0.2) is 13.8 Å². The first-order valence-corrected chi connectivity index (χ1v) is 8.53. The van der Waals surface area contributed by atoms with Gasteiger partial charge in [-0.3, -0.25) is 9.59 Å². The minimum absolute atomic E-state index is 0.123.